The van der Waals surface area contributed by atoms with E-state index in [2.05, 4.69) is 66.5 Å². The summed E-state index contributed by atoms with van der Waals surface area (Å²) in [6.07, 6.45) is 3.75. The van der Waals surface area contributed by atoms with E-state index >= 15 is 0 Å². The number of fused-ring (bicyclic) bond motifs is 1. The molecule has 2 heterocycles. The zero-order valence-corrected chi connectivity index (χ0v) is 12.6. The van der Waals surface area contributed by atoms with Crippen LogP contribution in [-0.2, 0) is 0 Å². The van der Waals surface area contributed by atoms with Crippen LogP contribution in [0.2, 0.25) is 0 Å². The van der Waals surface area contributed by atoms with Gasteiger partial charge in [-0.05, 0) is 32.4 Å². The topological polar surface area (TPSA) is 42.7 Å². The summed E-state index contributed by atoms with van der Waals surface area (Å²) >= 11 is 0. The number of aromatic nitrogens is 3. The quantitative estimate of drug-likeness (QED) is 0.779. The molecule has 1 N–H and O–H groups in total. The van der Waals surface area contributed by atoms with Gasteiger partial charge in [-0.3, -0.25) is 0 Å². The minimum atomic E-state index is 0.241. The van der Waals surface area contributed by atoms with Crippen LogP contribution in [0.25, 0.3) is 11.0 Å². The van der Waals surface area contributed by atoms with Crippen molar-refractivity contribution in [3.63, 3.8) is 0 Å². The van der Waals surface area contributed by atoms with E-state index in [0.29, 0.717) is 6.04 Å². The number of hydrogen-bond donors (Lipinski definition) is 1. The van der Waals surface area contributed by atoms with E-state index in [9.17, 15) is 0 Å². The Kier molecular flexibility index (Phi) is 3.60. The summed E-state index contributed by atoms with van der Waals surface area (Å²) in [6.45, 7) is 6.37. The summed E-state index contributed by atoms with van der Waals surface area (Å²) in [5, 5.41) is 8.95. The summed E-state index contributed by atoms with van der Waals surface area (Å²) in [7, 11) is 0. The SMILES string of the molecule is CC(Nc1cnc2c(cnn2C(C)C)c1)c1ccccc1. The lowest BCUT2D eigenvalue weighted by Crippen LogP contribution is -2.07. The lowest BCUT2D eigenvalue weighted by Gasteiger charge is -2.15. The molecule has 0 spiro atoms. The highest BCUT2D eigenvalue weighted by atomic mass is 15.3. The maximum absolute atomic E-state index is 4.55. The maximum atomic E-state index is 4.55. The molecule has 1 atom stereocenters. The first-order valence-electron chi connectivity index (χ1n) is 7.30. The largest absolute Gasteiger partial charge is 0.377 e. The van der Waals surface area contributed by atoms with Gasteiger partial charge in [-0.1, -0.05) is 30.3 Å². The van der Waals surface area contributed by atoms with Crippen LogP contribution < -0.4 is 5.32 Å². The molecule has 0 saturated carbocycles. The summed E-state index contributed by atoms with van der Waals surface area (Å²) in [6, 6.07) is 13.1. The van der Waals surface area contributed by atoms with E-state index in [1.54, 1.807) is 0 Å². The molecule has 0 aliphatic heterocycles. The molecule has 0 bridgehead atoms. The van der Waals surface area contributed by atoms with Crippen molar-refractivity contribution in [3.05, 3.63) is 54.4 Å². The molecule has 0 fully saturated rings. The predicted molar refractivity (Wildman–Crippen MR) is 86.4 cm³/mol. The van der Waals surface area contributed by atoms with Crippen molar-refractivity contribution >= 4 is 16.7 Å². The molecule has 0 aliphatic carbocycles. The fraction of sp³-hybridized carbons (Fsp3) is 0.294. The van der Waals surface area contributed by atoms with E-state index in [1.807, 2.05) is 23.1 Å². The normalized spacial score (nSPS) is 12.8. The molecule has 1 unspecified atom stereocenters. The van der Waals surface area contributed by atoms with Crippen molar-refractivity contribution in [3.8, 4) is 0 Å². The Morgan fingerprint density at radius 1 is 1.05 bits per heavy atom. The summed E-state index contributed by atoms with van der Waals surface area (Å²) in [5.74, 6) is 0. The molecule has 0 aliphatic rings. The van der Waals surface area contributed by atoms with Gasteiger partial charge in [0.05, 0.1) is 18.1 Å². The lowest BCUT2D eigenvalue weighted by molar-refractivity contribution is 0.546. The van der Waals surface area contributed by atoms with Crippen LogP contribution in [0.15, 0.2) is 48.8 Å². The average Bonchev–Trinajstić information content (AvgIpc) is 2.91. The van der Waals surface area contributed by atoms with Gasteiger partial charge in [0.25, 0.3) is 0 Å². The van der Waals surface area contributed by atoms with Crippen LogP contribution in [0.1, 0.15) is 38.4 Å². The first kappa shape index (κ1) is 13.6. The predicted octanol–water partition coefficient (Wildman–Crippen LogP) is 4.19. The van der Waals surface area contributed by atoms with Crippen molar-refractivity contribution in [2.45, 2.75) is 32.9 Å². The second kappa shape index (κ2) is 5.56. The molecule has 4 nitrogen and oxygen atoms in total. The molecule has 21 heavy (non-hydrogen) atoms. The van der Waals surface area contributed by atoms with Crippen molar-refractivity contribution in [1.82, 2.24) is 14.8 Å². The van der Waals surface area contributed by atoms with E-state index in [1.165, 1.54) is 5.56 Å². The molecule has 0 amide bonds. The summed E-state index contributed by atoms with van der Waals surface area (Å²) in [5.41, 5.74) is 3.21. The molecular weight excluding hydrogens is 260 g/mol. The molecule has 4 heteroatoms. The van der Waals surface area contributed by atoms with E-state index < -0.39 is 0 Å². The number of pyridine rings is 1. The Hall–Kier alpha value is -2.36. The van der Waals surface area contributed by atoms with Gasteiger partial charge in [-0.15, -0.1) is 0 Å². The average molecular weight is 280 g/mol. The Morgan fingerprint density at radius 2 is 1.81 bits per heavy atom. The van der Waals surface area contributed by atoms with Crippen LogP contribution in [-0.4, -0.2) is 14.8 Å². The highest BCUT2D eigenvalue weighted by molar-refractivity contribution is 5.78. The number of nitrogens with one attached hydrogen (secondary N) is 1. The van der Waals surface area contributed by atoms with Gasteiger partial charge < -0.3 is 5.32 Å². The summed E-state index contributed by atoms with van der Waals surface area (Å²) in [4.78, 5) is 4.55. The fourth-order valence-electron chi connectivity index (χ4n) is 2.47. The Labute approximate surface area is 124 Å². The summed E-state index contributed by atoms with van der Waals surface area (Å²) < 4.78 is 1.94. The second-order valence-corrected chi connectivity index (χ2v) is 5.60. The third-order valence-electron chi connectivity index (χ3n) is 3.61. The van der Waals surface area contributed by atoms with Gasteiger partial charge in [0.1, 0.15) is 0 Å². The maximum Gasteiger partial charge on any atom is 0.158 e. The van der Waals surface area contributed by atoms with E-state index in [0.717, 1.165) is 16.7 Å². The van der Waals surface area contributed by atoms with Gasteiger partial charge in [0.15, 0.2) is 5.65 Å². The van der Waals surface area contributed by atoms with Crippen molar-refractivity contribution < 1.29 is 0 Å². The highest BCUT2D eigenvalue weighted by Gasteiger charge is 2.09. The number of nitrogens with zero attached hydrogens (tertiary/aromatic N) is 3. The molecule has 0 saturated heterocycles. The van der Waals surface area contributed by atoms with Gasteiger partial charge in [-0.25, -0.2) is 9.67 Å². The Balaban J connectivity index is 1.85. The first-order valence-corrected chi connectivity index (χ1v) is 7.30. The Bertz CT molecular complexity index is 731. The number of benzene rings is 1. The number of hydrogen-bond acceptors (Lipinski definition) is 3. The molecule has 2 aromatic heterocycles. The third-order valence-corrected chi connectivity index (χ3v) is 3.61. The smallest absolute Gasteiger partial charge is 0.158 e. The van der Waals surface area contributed by atoms with Crippen molar-refractivity contribution in [2.24, 2.45) is 0 Å². The minimum absolute atomic E-state index is 0.241. The molecule has 3 aromatic rings. The highest BCUT2D eigenvalue weighted by Crippen LogP contribution is 2.22. The molecule has 108 valence electrons. The molecule has 3 rings (SSSR count). The second-order valence-electron chi connectivity index (χ2n) is 5.60. The van der Waals surface area contributed by atoms with Gasteiger partial charge in [0, 0.05) is 17.5 Å². The van der Waals surface area contributed by atoms with E-state index in [-0.39, 0.29) is 6.04 Å². The van der Waals surface area contributed by atoms with Crippen molar-refractivity contribution in [2.75, 3.05) is 5.32 Å². The zero-order valence-electron chi connectivity index (χ0n) is 12.6. The monoisotopic (exact) mass is 280 g/mol. The fourth-order valence-corrected chi connectivity index (χ4v) is 2.47. The lowest BCUT2D eigenvalue weighted by atomic mass is 10.1. The van der Waals surface area contributed by atoms with Crippen LogP contribution in [0.5, 0.6) is 0 Å². The Morgan fingerprint density at radius 3 is 2.52 bits per heavy atom. The van der Waals surface area contributed by atoms with Crippen LogP contribution in [0.4, 0.5) is 5.69 Å². The van der Waals surface area contributed by atoms with Crippen LogP contribution in [0.3, 0.4) is 0 Å². The van der Waals surface area contributed by atoms with Gasteiger partial charge >= 0.3 is 0 Å². The standard InChI is InChI=1S/C17H20N4/c1-12(2)21-17-15(10-19-21)9-16(11-18-17)20-13(3)14-7-5-4-6-8-14/h4-13,20H,1-3H3. The van der Waals surface area contributed by atoms with Gasteiger partial charge in [0.2, 0.25) is 0 Å². The van der Waals surface area contributed by atoms with Crippen LogP contribution >= 0.6 is 0 Å². The minimum Gasteiger partial charge on any atom is -0.377 e. The zero-order chi connectivity index (χ0) is 14.8. The van der Waals surface area contributed by atoms with Crippen molar-refractivity contribution in [1.29, 1.82) is 0 Å². The van der Waals surface area contributed by atoms with Gasteiger partial charge in [-0.2, -0.15) is 5.10 Å². The van der Waals surface area contributed by atoms with Crippen LogP contribution in [0, 0.1) is 0 Å². The molecule has 0 radical (unpaired) electrons. The van der Waals surface area contributed by atoms with E-state index in [4.69, 9.17) is 0 Å². The molecule has 1 aromatic carbocycles. The third kappa shape index (κ3) is 2.75. The number of rotatable bonds is 4. The number of anilines is 1. The molecular formula is C17H20N4. The first-order chi connectivity index (χ1) is 10.1.